The Kier molecular flexibility index (Phi) is 6.28. The number of benzene rings is 2. The second kappa shape index (κ2) is 8.63. The normalized spacial score (nSPS) is 10.0. The molecule has 0 fully saturated rings. The molecule has 0 saturated carbocycles. The number of carbonyl (C=O) groups is 3. The van der Waals surface area contributed by atoms with Crippen LogP contribution in [-0.4, -0.2) is 31.3 Å². The summed E-state index contributed by atoms with van der Waals surface area (Å²) in [5.41, 5.74) is 2.43. The molecule has 2 aromatic rings. The first kappa shape index (κ1) is 18.2. The van der Waals surface area contributed by atoms with E-state index in [1.54, 1.807) is 48.5 Å². The Morgan fingerprint density at radius 2 is 1.68 bits per heavy atom. The van der Waals surface area contributed by atoms with Gasteiger partial charge in [-0.1, -0.05) is 12.1 Å². The van der Waals surface area contributed by atoms with Crippen molar-refractivity contribution in [1.29, 1.82) is 0 Å². The van der Waals surface area contributed by atoms with Gasteiger partial charge in [-0.05, 0) is 43.3 Å². The van der Waals surface area contributed by atoms with Gasteiger partial charge in [0.15, 0.2) is 5.78 Å². The Morgan fingerprint density at radius 1 is 0.960 bits per heavy atom. The molecule has 0 atom stereocenters. The predicted molar refractivity (Wildman–Crippen MR) is 96.0 cm³/mol. The fourth-order valence-corrected chi connectivity index (χ4v) is 2.20. The van der Waals surface area contributed by atoms with Crippen molar-refractivity contribution in [2.45, 2.75) is 13.3 Å². The van der Waals surface area contributed by atoms with Crippen molar-refractivity contribution < 1.29 is 19.1 Å². The first-order valence-corrected chi connectivity index (χ1v) is 7.82. The molecule has 2 aromatic carbocycles. The van der Waals surface area contributed by atoms with Crippen LogP contribution >= 0.6 is 0 Å². The van der Waals surface area contributed by atoms with Gasteiger partial charge in [0, 0.05) is 29.9 Å². The minimum atomic E-state index is -0.390. The molecule has 1 amide bonds. The van der Waals surface area contributed by atoms with Crippen LogP contribution in [0.5, 0.6) is 0 Å². The number of anilines is 2. The molecule has 6 heteroatoms. The van der Waals surface area contributed by atoms with E-state index in [2.05, 4.69) is 15.4 Å². The van der Waals surface area contributed by atoms with E-state index in [1.165, 1.54) is 14.0 Å². The van der Waals surface area contributed by atoms with E-state index >= 15 is 0 Å². The van der Waals surface area contributed by atoms with Crippen molar-refractivity contribution >= 4 is 29.0 Å². The number of rotatable bonds is 7. The molecule has 0 aliphatic carbocycles. The number of ether oxygens (including phenoxy) is 1. The minimum Gasteiger partial charge on any atom is -0.465 e. The third-order valence-corrected chi connectivity index (χ3v) is 3.54. The van der Waals surface area contributed by atoms with Crippen LogP contribution in [0.3, 0.4) is 0 Å². The molecule has 0 aliphatic rings. The predicted octanol–water partition coefficient (Wildman–Crippen LogP) is 3.12. The van der Waals surface area contributed by atoms with Crippen molar-refractivity contribution in [2.75, 3.05) is 24.3 Å². The van der Waals surface area contributed by atoms with Crippen LogP contribution < -0.4 is 10.6 Å². The number of Topliss-reactive ketones (excluding diaryl/α,β-unsaturated/α-hetero) is 1. The number of hydrogen-bond acceptors (Lipinski definition) is 5. The van der Waals surface area contributed by atoms with Gasteiger partial charge >= 0.3 is 5.97 Å². The highest BCUT2D eigenvalue weighted by atomic mass is 16.5. The lowest BCUT2D eigenvalue weighted by molar-refractivity contribution is -0.115. The second-order valence-corrected chi connectivity index (χ2v) is 5.43. The third-order valence-electron chi connectivity index (χ3n) is 3.54. The lowest BCUT2D eigenvalue weighted by atomic mass is 10.1. The fraction of sp³-hybridized carbons (Fsp3) is 0.211. The van der Waals surface area contributed by atoms with Crippen LogP contribution in [0.25, 0.3) is 0 Å². The minimum absolute atomic E-state index is 0.0480. The number of ketones is 1. The quantitative estimate of drug-likeness (QED) is 0.597. The maximum atomic E-state index is 12.0. The first-order valence-electron chi connectivity index (χ1n) is 7.82. The van der Waals surface area contributed by atoms with E-state index in [0.29, 0.717) is 23.4 Å². The van der Waals surface area contributed by atoms with Crippen LogP contribution in [0.4, 0.5) is 11.4 Å². The molecule has 0 bridgehead atoms. The molecule has 130 valence electrons. The van der Waals surface area contributed by atoms with Crippen molar-refractivity contribution in [1.82, 2.24) is 0 Å². The summed E-state index contributed by atoms with van der Waals surface area (Å²) in [4.78, 5) is 34.7. The topological polar surface area (TPSA) is 84.5 Å². The molecular formula is C19H20N2O4. The van der Waals surface area contributed by atoms with E-state index in [0.717, 1.165) is 5.69 Å². The molecule has 0 spiro atoms. The largest absolute Gasteiger partial charge is 0.465 e. The van der Waals surface area contributed by atoms with E-state index in [9.17, 15) is 14.4 Å². The van der Waals surface area contributed by atoms with Gasteiger partial charge in [-0.15, -0.1) is 0 Å². The summed E-state index contributed by atoms with van der Waals surface area (Å²) in [5, 5.41) is 5.87. The number of methoxy groups -OCH3 is 1. The van der Waals surface area contributed by atoms with Gasteiger partial charge in [0.2, 0.25) is 5.91 Å². The summed E-state index contributed by atoms with van der Waals surface area (Å²) in [7, 11) is 1.33. The highest BCUT2D eigenvalue weighted by Gasteiger charge is 2.06. The average Bonchev–Trinajstić information content (AvgIpc) is 2.61. The molecule has 6 nitrogen and oxygen atoms in total. The summed E-state index contributed by atoms with van der Waals surface area (Å²) in [6, 6.07) is 13.6. The van der Waals surface area contributed by atoms with Crippen LogP contribution in [0.2, 0.25) is 0 Å². The average molecular weight is 340 g/mol. The molecule has 2 rings (SSSR count). The number of hydrogen-bond donors (Lipinski definition) is 2. The molecule has 0 heterocycles. The van der Waals surface area contributed by atoms with E-state index in [4.69, 9.17) is 0 Å². The Labute approximate surface area is 146 Å². The van der Waals surface area contributed by atoms with Crippen LogP contribution in [0.15, 0.2) is 48.5 Å². The van der Waals surface area contributed by atoms with Gasteiger partial charge in [0.1, 0.15) is 0 Å². The summed E-state index contributed by atoms with van der Waals surface area (Å²) >= 11 is 0. The van der Waals surface area contributed by atoms with E-state index < -0.39 is 5.97 Å². The Bertz CT molecular complexity index is 769. The molecule has 25 heavy (non-hydrogen) atoms. The first-order chi connectivity index (χ1) is 12.0. The Morgan fingerprint density at radius 3 is 2.32 bits per heavy atom. The number of nitrogens with one attached hydrogen (secondary N) is 2. The lowest BCUT2D eigenvalue weighted by Crippen LogP contribution is -2.16. The third kappa shape index (κ3) is 5.46. The molecule has 0 radical (unpaired) electrons. The molecule has 0 saturated heterocycles. The van der Waals surface area contributed by atoms with Crippen LogP contribution in [-0.2, 0) is 9.53 Å². The molecule has 2 N–H and O–H groups in total. The second-order valence-electron chi connectivity index (χ2n) is 5.43. The zero-order valence-electron chi connectivity index (χ0n) is 14.2. The van der Waals surface area contributed by atoms with E-state index in [1.807, 2.05) is 0 Å². The smallest absolute Gasteiger partial charge is 0.337 e. The van der Waals surface area contributed by atoms with Crippen LogP contribution in [0, 0.1) is 0 Å². The Balaban J connectivity index is 1.81. The van der Waals surface area contributed by atoms with Crippen molar-refractivity contribution in [3.63, 3.8) is 0 Å². The van der Waals surface area contributed by atoms with Gasteiger partial charge in [0.05, 0.1) is 12.7 Å². The SMILES string of the molecule is COC(=O)c1ccc(NCCC(=O)Nc2cccc(C(C)=O)c2)cc1. The Hall–Kier alpha value is -3.15. The summed E-state index contributed by atoms with van der Waals surface area (Å²) in [5.74, 6) is -0.591. The fourth-order valence-electron chi connectivity index (χ4n) is 2.20. The van der Waals surface area contributed by atoms with Gasteiger partial charge in [-0.2, -0.15) is 0 Å². The molecule has 0 unspecified atom stereocenters. The van der Waals surface area contributed by atoms with Crippen molar-refractivity contribution in [3.05, 3.63) is 59.7 Å². The van der Waals surface area contributed by atoms with E-state index in [-0.39, 0.29) is 18.1 Å². The number of amides is 1. The number of carbonyl (C=O) groups excluding carboxylic acids is 3. The van der Waals surface area contributed by atoms with Gasteiger partial charge < -0.3 is 15.4 Å². The monoisotopic (exact) mass is 340 g/mol. The highest BCUT2D eigenvalue weighted by Crippen LogP contribution is 2.12. The summed E-state index contributed by atoms with van der Waals surface area (Å²) in [6.45, 7) is 1.92. The summed E-state index contributed by atoms with van der Waals surface area (Å²) < 4.78 is 4.64. The van der Waals surface area contributed by atoms with Gasteiger partial charge in [0.25, 0.3) is 0 Å². The van der Waals surface area contributed by atoms with Crippen molar-refractivity contribution in [2.24, 2.45) is 0 Å². The van der Waals surface area contributed by atoms with Gasteiger partial charge in [-0.25, -0.2) is 4.79 Å². The maximum Gasteiger partial charge on any atom is 0.337 e. The zero-order chi connectivity index (χ0) is 18.2. The lowest BCUT2D eigenvalue weighted by Gasteiger charge is -2.09. The van der Waals surface area contributed by atoms with Crippen molar-refractivity contribution in [3.8, 4) is 0 Å². The van der Waals surface area contributed by atoms with Crippen LogP contribution in [0.1, 0.15) is 34.1 Å². The zero-order valence-corrected chi connectivity index (χ0v) is 14.2. The maximum absolute atomic E-state index is 12.0. The standard InChI is InChI=1S/C19H20N2O4/c1-13(22)15-4-3-5-17(12-15)21-18(23)10-11-20-16-8-6-14(7-9-16)19(24)25-2/h3-9,12,20H,10-11H2,1-2H3,(H,21,23). The molecular weight excluding hydrogens is 320 g/mol. The molecule has 0 aliphatic heterocycles. The number of esters is 1. The highest BCUT2D eigenvalue weighted by molar-refractivity contribution is 5.97. The summed E-state index contributed by atoms with van der Waals surface area (Å²) in [6.07, 6.45) is 0.267. The van der Waals surface area contributed by atoms with Gasteiger partial charge in [-0.3, -0.25) is 9.59 Å². The molecule has 0 aromatic heterocycles.